The normalized spacial score (nSPS) is 23.1. The number of hydrogen-bond acceptors (Lipinski definition) is 2. The van der Waals surface area contributed by atoms with Crippen molar-refractivity contribution in [2.24, 2.45) is 11.8 Å². The third-order valence-corrected chi connectivity index (χ3v) is 4.40. The molecule has 104 valence electrons. The van der Waals surface area contributed by atoms with Gasteiger partial charge in [0.2, 0.25) is 0 Å². The van der Waals surface area contributed by atoms with Crippen molar-refractivity contribution in [2.75, 3.05) is 19.0 Å². The fourth-order valence-electron chi connectivity index (χ4n) is 3.06. The van der Waals surface area contributed by atoms with Crippen LogP contribution in [0.15, 0.2) is 24.3 Å². The van der Waals surface area contributed by atoms with Crippen LogP contribution in [0, 0.1) is 11.8 Å². The number of rotatable bonds is 4. The number of carbonyl (C=O) groups excluding carboxylic acids is 1. The van der Waals surface area contributed by atoms with E-state index in [9.17, 15) is 4.79 Å². The van der Waals surface area contributed by atoms with Gasteiger partial charge in [-0.3, -0.25) is 4.79 Å². The first kappa shape index (κ1) is 14.1. The molecule has 0 spiro atoms. The van der Waals surface area contributed by atoms with Crippen molar-refractivity contribution in [3.05, 3.63) is 29.8 Å². The lowest BCUT2D eigenvalue weighted by Crippen LogP contribution is -2.22. The summed E-state index contributed by atoms with van der Waals surface area (Å²) < 4.78 is 0. The van der Waals surface area contributed by atoms with Gasteiger partial charge in [-0.05, 0) is 43.0 Å². The Morgan fingerprint density at radius 1 is 1.21 bits per heavy atom. The third kappa shape index (κ3) is 3.37. The van der Waals surface area contributed by atoms with Gasteiger partial charge in [0.05, 0.1) is 0 Å². The van der Waals surface area contributed by atoms with Gasteiger partial charge in [-0.1, -0.05) is 26.2 Å². The van der Waals surface area contributed by atoms with Gasteiger partial charge in [0.1, 0.15) is 0 Å². The van der Waals surface area contributed by atoms with Crippen LogP contribution in [0.25, 0.3) is 0 Å². The summed E-state index contributed by atoms with van der Waals surface area (Å²) in [6.45, 7) is 2.24. The highest BCUT2D eigenvalue weighted by molar-refractivity contribution is 5.98. The van der Waals surface area contributed by atoms with E-state index in [1.807, 2.05) is 38.4 Å². The highest BCUT2D eigenvalue weighted by Gasteiger charge is 2.26. The molecule has 0 amide bonds. The van der Waals surface area contributed by atoms with Crippen molar-refractivity contribution in [3.63, 3.8) is 0 Å². The van der Waals surface area contributed by atoms with Gasteiger partial charge in [-0.2, -0.15) is 0 Å². The molecule has 0 heterocycles. The number of nitrogens with zero attached hydrogens (tertiary/aromatic N) is 1. The van der Waals surface area contributed by atoms with Crippen LogP contribution in [-0.2, 0) is 0 Å². The standard InChI is InChI=1S/C17H25NO/c1-4-13-6-5-7-15(12-13)17(19)14-8-10-16(11-9-14)18(2)3/h8-11,13,15H,4-7,12H2,1-3H3. The molecule has 1 aliphatic carbocycles. The average Bonchev–Trinajstić information content (AvgIpc) is 2.46. The summed E-state index contributed by atoms with van der Waals surface area (Å²) in [5.41, 5.74) is 2.03. The first-order valence-electron chi connectivity index (χ1n) is 7.43. The molecule has 0 bridgehead atoms. The minimum Gasteiger partial charge on any atom is -0.378 e. The molecule has 1 aromatic rings. The van der Waals surface area contributed by atoms with Crippen molar-refractivity contribution < 1.29 is 4.79 Å². The number of anilines is 1. The number of Topliss-reactive ketones (excluding diaryl/α,β-unsaturated/α-hetero) is 1. The van der Waals surface area contributed by atoms with Crippen molar-refractivity contribution in [1.29, 1.82) is 0 Å². The smallest absolute Gasteiger partial charge is 0.165 e. The Bertz CT molecular complexity index is 421. The Hall–Kier alpha value is -1.31. The van der Waals surface area contributed by atoms with Crippen molar-refractivity contribution in [3.8, 4) is 0 Å². The maximum atomic E-state index is 12.5. The van der Waals surface area contributed by atoms with E-state index >= 15 is 0 Å². The van der Waals surface area contributed by atoms with Crippen LogP contribution in [-0.4, -0.2) is 19.9 Å². The molecular formula is C17H25NO. The number of carbonyl (C=O) groups is 1. The number of benzene rings is 1. The van der Waals surface area contributed by atoms with Crippen LogP contribution in [0.1, 0.15) is 49.4 Å². The van der Waals surface area contributed by atoms with Crippen molar-refractivity contribution in [1.82, 2.24) is 0 Å². The quantitative estimate of drug-likeness (QED) is 0.757. The largest absolute Gasteiger partial charge is 0.378 e. The van der Waals surface area contributed by atoms with E-state index in [0.29, 0.717) is 5.78 Å². The highest BCUT2D eigenvalue weighted by Crippen LogP contribution is 2.33. The Balaban J connectivity index is 2.06. The van der Waals surface area contributed by atoms with Gasteiger partial charge in [-0.25, -0.2) is 0 Å². The molecule has 0 saturated heterocycles. The van der Waals surface area contributed by atoms with Gasteiger partial charge in [-0.15, -0.1) is 0 Å². The predicted molar refractivity (Wildman–Crippen MR) is 80.8 cm³/mol. The summed E-state index contributed by atoms with van der Waals surface area (Å²) in [5, 5.41) is 0. The second kappa shape index (κ2) is 6.23. The lowest BCUT2D eigenvalue weighted by Gasteiger charge is -2.27. The fraction of sp³-hybridized carbons (Fsp3) is 0.588. The van der Waals surface area contributed by atoms with Crippen LogP contribution >= 0.6 is 0 Å². The lowest BCUT2D eigenvalue weighted by molar-refractivity contribution is 0.0862. The molecule has 0 aliphatic heterocycles. The summed E-state index contributed by atoms with van der Waals surface area (Å²) in [6, 6.07) is 8.03. The highest BCUT2D eigenvalue weighted by atomic mass is 16.1. The van der Waals surface area contributed by atoms with E-state index in [2.05, 4.69) is 11.8 Å². The molecule has 1 aliphatic rings. The maximum Gasteiger partial charge on any atom is 0.165 e. The summed E-state index contributed by atoms with van der Waals surface area (Å²) >= 11 is 0. The first-order chi connectivity index (χ1) is 9.11. The van der Waals surface area contributed by atoms with Crippen LogP contribution in [0.4, 0.5) is 5.69 Å². The predicted octanol–water partition coefficient (Wildman–Crippen LogP) is 4.15. The average molecular weight is 259 g/mol. The summed E-state index contributed by atoms with van der Waals surface area (Å²) in [5.74, 6) is 1.36. The summed E-state index contributed by atoms with van der Waals surface area (Å²) in [6.07, 6.45) is 5.89. The molecule has 19 heavy (non-hydrogen) atoms. The van der Waals surface area contributed by atoms with Gasteiger partial charge >= 0.3 is 0 Å². The van der Waals surface area contributed by atoms with Gasteiger partial charge in [0.25, 0.3) is 0 Å². The van der Waals surface area contributed by atoms with E-state index in [1.165, 1.54) is 19.3 Å². The van der Waals surface area contributed by atoms with E-state index in [0.717, 1.165) is 30.0 Å². The van der Waals surface area contributed by atoms with Crippen LogP contribution in [0.5, 0.6) is 0 Å². The summed E-state index contributed by atoms with van der Waals surface area (Å²) in [7, 11) is 4.04. The molecule has 2 atom stereocenters. The van der Waals surface area contributed by atoms with E-state index in [-0.39, 0.29) is 5.92 Å². The first-order valence-corrected chi connectivity index (χ1v) is 7.43. The molecule has 1 saturated carbocycles. The minimum atomic E-state index is 0.254. The topological polar surface area (TPSA) is 20.3 Å². The van der Waals surface area contributed by atoms with E-state index < -0.39 is 0 Å². The molecule has 2 heteroatoms. The molecule has 1 fully saturated rings. The van der Waals surface area contributed by atoms with Gasteiger partial charge < -0.3 is 4.90 Å². The Kier molecular flexibility index (Phi) is 4.62. The Labute approximate surface area is 116 Å². The van der Waals surface area contributed by atoms with Crippen LogP contribution in [0.2, 0.25) is 0 Å². The third-order valence-electron chi connectivity index (χ3n) is 4.40. The molecule has 1 aromatic carbocycles. The Morgan fingerprint density at radius 2 is 1.89 bits per heavy atom. The molecule has 0 aromatic heterocycles. The monoisotopic (exact) mass is 259 g/mol. The zero-order chi connectivity index (χ0) is 13.8. The van der Waals surface area contributed by atoms with Gasteiger partial charge in [0, 0.05) is 31.3 Å². The lowest BCUT2D eigenvalue weighted by atomic mass is 9.77. The summed E-state index contributed by atoms with van der Waals surface area (Å²) in [4.78, 5) is 14.6. The van der Waals surface area contributed by atoms with Crippen molar-refractivity contribution in [2.45, 2.75) is 39.0 Å². The minimum absolute atomic E-state index is 0.254. The SMILES string of the molecule is CCC1CCCC(C(=O)c2ccc(N(C)C)cc2)C1. The molecule has 0 radical (unpaired) electrons. The van der Waals surface area contributed by atoms with E-state index in [1.54, 1.807) is 0 Å². The maximum absolute atomic E-state index is 12.5. The fourth-order valence-corrected chi connectivity index (χ4v) is 3.06. The second-order valence-corrected chi connectivity index (χ2v) is 5.94. The molecular weight excluding hydrogens is 234 g/mol. The van der Waals surface area contributed by atoms with Gasteiger partial charge in [0.15, 0.2) is 5.78 Å². The zero-order valence-corrected chi connectivity index (χ0v) is 12.4. The van der Waals surface area contributed by atoms with Crippen LogP contribution in [0.3, 0.4) is 0 Å². The zero-order valence-electron chi connectivity index (χ0n) is 12.4. The number of ketones is 1. The molecule has 2 rings (SSSR count). The molecule has 0 N–H and O–H groups in total. The second-order valence-electron chi connectivity index (χ2n) is 5.94. The Morgan fingerprint density at radius 3 is 2.47 bits per heavy atom. The van der Waals surface area contributed by atoms with Crippen LogP contribution < -0.4 is 4.90 Å². The molecule has 2 unspecified atom stereocenters. The number of hydrogen-bond donors (Lipinski definition) is 0. The van der Waals surface area contributed by atoms with Crippen molar-refractivity contribution >= 4 is 11.5 Å². The van der Waals surface area contributed by atoms with E-state index in [4.69, 9.17) is 0 Å². The molecule has 2 nitrogen and oxygen atoms in total.